The van der Waals surface area contributed by atoms with Gasteiger partial charge in [0.2, 0.25) is 0 Å². The molecule has 0 radical (unpaired) electrons. The Morgan fingerprint density at radius 1 is 0.545 bits per heavy atom. The molecule has 22 heavy (non-hydrogen) atoms. The molecule has 4 heteroatoms. The fourth-order valence-electron chi connectivity index (χ4n) is 2.43. The molecule has 0 aromatic rings. The average molecular weight is 335 g/mol. The van der Waals surface area contributed by atoms with Crippen LogP contribution in [0.5, 0.6) is 0 Å². The normalized spacial score (nSPS) is 12.6. The molecule has 3 nitrogen and oxygen atoms in total. The van der Waals surface area contributed by atoms with E-state index in [1.54, 1.807) is 0 Å². The highest BCUT2D eigenvalue weighted by Crippen LogP contribution is 2.12. The van der Waals surface area contributed by atoms with E-state index in [1.165, 1.54) is 77.0 Å². The SMILES string of the molecule is CCCCCCCCCCCCCCCOS(=O)OCCC. The molecule has 0 aliphatic rings. The van der Waals surface area contributed by atoms with Crippen LogP contribution < -0.4 is 0 Å². The molecule has 0 bridgehead atoms. The molecule has 0 heterocycles. The minimum absolute atomic E-state index is 0.505. The number of hydrogen-bond acceptors (Lipinski definition) is 3. The first kappa shape index (κ1) is 22.1. The Morgan fingerprint density at radius 2 is 0.955 bits per heavy atom. The molecule has 0 fully saturated rings. The molecule has 0 N–H and O–H groups in total. The van der Waals surface area contributed by atoms with Crippen molar-refractivity contribution in [1.29, 1.82) is 0 Å². The first-order valence-electron chi connectivity index (χ1n) is 9.49. The van der Waals surface area contributed by atoms with Crippen LogP contribution in [-0.2, 0) is 19.7 Å². The molecule has 0 aliphatic heterocycles. The van der Waals surface area contributed by atoms with E-state index < -0.39 is 11.4 Å². The van der Waals surface area contributed by atoms with E-state index in [1.807, 2.05) is 6.92 Å². The van der Waals surface area contributed by atoms with Crippen molar-refractivity contribution in [3.8, 4) is 0 Å². The van der Waals surface area contributed by atoms with Crippen LogP contribution in [0.25, 0.3) is 0 Å². The third kappa shape index (κ3) is 18.1. The molecule has 1 atom stereocenters. The summed E-state index contributed by atoms with van der Waals surface area (Å²) in [4.78, 5) is 0. The van der Waals surface area contributed by atoms with E-state index in [2.05, 4.69) is 6.92 Å². The van der Waals surface area contributed by atoms with Crippen LogP contribution >= 0.6 is 0 Å². The summed E-state index contributed by atoms with van der Waals surface area (Å²) in [5.74, 6) is 0. The van der Waals surface area contributed by atoms with Gasteiger partial charge in [-0.1, -0.05) is 90.9 Å². The maximum absolute atomic E-state index is 11.2. The quantitative estimate of drug-likeness (QED) is 0.284. The molecule has 0 rings (SSSR count). The van der Waals surface area contributed by atoms with Crippen LogP contribution in [0.4, 0.5) is 0 Å². The highest BCUT2D eigenvalue weighted by molar-refractivity contribution is 7.75. The molecule has 0 saturated carbocycles. The van der Waals surface area contributed by atoms with Crippen molar-refractivity contribution in [3.05, 3.63) is 0 Å². The maximum atomic E-state index is 11.2. The van der Waals surface area contributed by atoms with Crippen LogP contribution in [0.3, 0.4) is 0 Å². The fraction of sp³-hybridized carbons (Fsp3) is 1.00. The van der Waals surface area contributed by atoms with Gasteiger partial charge in [-0.25, -0.2) is 0 Å². The van der Waals surface area contributed by atoms with Crippen molar-refractivity contribution in [2.75, 3.05) is 13.2 Å². The van der Waals surface area contributed by atoms with Crippen molar-refractivity contribution in [1.82, 2.24) is 0 Å². The van der Waals surface area contributed by atoms with Crippen molar-refractivity contribution in [3.63, 3.8) is 0 Å². The largest absolute Gasteiger partial charge is 0.304 e. The zero-order chi connectivity index (χ0) is 16.3. The van der Waals surface area contributed by atoms with Gasteiger partial charge >= 0.3 is 11.4 Å². The van der Waals surface area contributed by atoms with E-state index in [0.29, 0.717) is 13.2 Å². The van der Waals surface area contributed by atoms with E-state index in [-0.39, 0.29) is 0 Å². The van der Waals surface area contributed by atoms with E-state index in [4.69, 9.17) is 8.37 Å². The minimum atomic E-state index is -1.54. The smallest absolute Gasteiger partial charge is 0.268 e. The Balaban J connectivity index is 3.04. The van der Waals surface area contributed by atoms with Crippen LogP contribution in [0.15, 0.2) is 0 Å². The molecular weight excluding hydrogens is 296 g/mol. The molecule has 0 aromatic heterocycles. The molecule has 0 aliphatic carbocycles. The van der Waals surface area contributed by atoms with Gasteiger partial charge in [0.05, 0.1) is 13.2 Å². The Bertz CT molecular complexity index is 234. The predicted octanol–water partition coefficient (Wildman–Crippen LogP) is 6.10. The Kier molecular flexibility index (Phi) is 19.2. The lowest BCUT2D eigenvalue weighted by Gasteiger charge is -2.04. The molecule has 134 valence electrons. The topological polar surface area (TPSA) is 35.5 Å². The molecule has 1 unspecified atom stereocenters. The van der Waals surface area contributed by atoms with Gasteiger partial charge in [0, 0.05) is 0 Å². The molecular formula is C18H38O3S. The van der Waals surface area contributed by atoms with Crippen molar-refractivity contribution < 1.29 is 12.6 Å². The molecule has 0 spiro atoms. The van der Waals surface area contributed by atoms with Gasteiger partial charge in [0.15, 0.2) is 0 Å². The second kappa shape index (κ2) is 19.1. The lowest BCUT2D eigenvalue weighted by atomic mass is 10.0. The standard InChI is InChI=1S/C18H38O3S/c1-3-5-6-7-8-9-10-11-12-13-14-15-16-18-21-22(19)20-17-4-2/h3-18H2,1-2H3. The molecule has 0 saturated heterocycles. The van der Waals surface area contributed by atoms with E-state index in [9.17, 15) is 4.21 Å². The summed E-state index contributed by atoms with van der Waals surface area (Å²) < 4.78 is 21.2. The van der Waals surface area contributed by atoms with Gasteiger partial charge in [0.25, 0.3) is 0 Å². The predicted molar refractivity (Wildman–Crippen MR) is 96.0 cm³/mol. The first-order valence-corrected chi connectivity index (χ1v) is 10.5. The van der Waals surface area contributed by atoms with Gasteiger partial charge in [-0.15, -0.1) is 0 Å². The Morgan fingerprint density at radius 3 is 1.41 bits per heavy atom. The summed E-state index contributed by atoms with van der Waals surface area (Å²) in [6.07, 6.45) is 18.2. The van der Waals surface area contributed by atoms with Gasteiger partial charge in [-0.2, -0.15) is 4.21 Å². The zero-order valence-corrected chi connectivity index (χ0v) is 15.8. The third-order valence-electron chi connectivity index (χ3n) is 3.81. The first-order chi connectivity index (χ1) is 10.8. The summed E-state index contributed by atoms with van der Waals surface area (Å²) >= 11 is -1.54. The zero-order valence-electron chi connectivity index (χ0n) is 14.9. The summed E-state index contributed by atoms with van der Waals surface area (Å²) in [6, 6.07) is 0. The average Bonchev–Trinajstić information content (AvgIpc) is 2.53. The highest BCUT2D eigenvalue weighted by Gasteiger charge is 1.99. The fourth-order valence-corrected chi connectivity index (χ4v) is 3.06. The number of hydrogen-bond donors (Lipinski definition) is 0. The van der Waals surface area contributed by atoms with E-state index >= 15 is 0 Å². The maximum Gasteiger partial charge on any atom is 0.304 e. The number of rotatable bonds is 18. The summed E-state index contributed by atoms with van der Waals surface area (Å²) in [5, 5.41) is 0. The highest BCUT2D eigenvalue weighted by atomic mass is 32.2. The lowest BCUT2D eigenvalue weighted by molar-refractivity contribution is 0.245. The van der Waals surface area contributed by atoms with Crippen molar-refractivity contribution in [2.45, 2.75) is 104 Å². The van der Waals surface area contributed by atoms with E-state index in [0.717, 1.165) is 12.8 Å². The monoisotopic (exact) mass is 334 g/mol. The van der Waals surface area contributed by atoms with Crippen LogP contribution in [0.1, 0.15) is 104 Å². The second-order valence-corrected chi connectivity index (χ2v) is 6.97. The minimum Gasteiger partial charge on any atom is -0.268 e. The van der Waals surface area contributed by atoms with Crippen molar-refractivity contribution >= 4 is 11.4 Å². The van der Waals surface area contributed by atoms with Crippen molar-refractivity contribution in [2.24, 2.45) is 0 Å². The van der Waals surface area contributed by atoms with Crippen LogP contribution in [-0.4, -0.2) is 17.4 Å². The van der Waals surface area contributed by atoms with Gasteiger partial charge < -0.3 is 0 Å². The number of unbranched alkanes of at least 4 members (excludes halogenated alkanes) is 12. The Labute approximate surface area is 141 Å². The summed E-state index contributed by atoms with van der Waals surface area (Å²) in [7, 11) is 0. The second-order valence-electron chi connectivity index (χ2n) is 6.09. The summed E-state index contributed by atoms with van der Waals surface area (Å²) in [6.45, 7) is 5.31. The summed E-state index contributed by atoms with van der Waals surface area (Å²) in [5.41, 5.74) is 0. The van der Waals surface area contributed by atoms with Gasteiger partial charge in [0.1, 0.15) is 0 Å². The molecule has 0 aromatic carbocycles. The Hall–Kier alpha value is 0.0700. The van der Waals surface area contributed by atoms with Crippen LogP contribution in [0.2, 0.25) is 0 Å². The molecule has 0 amide bonds. The van der Waals surface area contributed by atoms with Gasteiger partial charge in [-0.3, -0.25) is 8.37 Å². The van der Waals surface area contributed by atoms with Gasteiger partial charge in [-0.05, 0) is 12.8 Å². The lowest BCUT2D eigenvalue weighted by Crippen LogP contribution is -2.04. The third-order valence-corrected chi connectivity index (χ3v) is 4.53. The van der Waals surface area contributed by atoms with Crippen LogP contribution in [0, 0.1) is 0 Å².